The van der Waals surface area contributed by atoms with Crippen LogP contribution in [0, 0.1) is 0 Å². The van der Waals surface area contributed by atoms with E-state index >= 15 is 0 Å². The zero-order chi connectivity index (χ0) is 21.8. The molecule has 0 spiro atoms. The largest absolute Gasteiger partial charge is 0.454 e. The fourth-order valence-corrected chi connectivity index (χ4v) is 4.54. The molecule has 1 atom stereocenters. The maximum Gasteiger partial charge on any atom is 0.431 e. The topological polar surface area (TPSA) is 78.3 Å². The lowest BCUT2D eigenvalue weighted by Crippen LogP contribution is -2.35. The van der Waals surface area contributed by atoms with Crippen LogP contribution in [-0.2, 0) is 6.42 Å². The summed E-state index contributed by atoms with van der Waals surface area (Å²) in [7, 11) is 0. The molecule has 7 nitrogen and oxygen atoms in total. The molecule has 160 valence electrons. The van der Waals surface area contributed by atoms with E-state index in [1.807, 2.05) is 6.92 Å². The Labute approximate surface area is 178 Å². The van der Waals surface area contributed by atoms with Crippen molar-refractivity contribution in [2.75, 3.05) is 12.1 Å². The minimum absolute atomic E-state index is 0.0179. The van der Waals surface area contributed by atoms with Crippen LogP contribution in [-0.4, -0.2) is 33.5 Å². The van der Waals surface area contributed by atoms with E-state index in [9.17, 15) is 18.0 Å². The fraction of sp³-hybridized carbons (Fsp3) is 0.250. The van der Waals surface area contributed by atoms with Gasteiger partial charge in [0, 0.05) is 4.88 Å². The number of benzene rings is 1. The van der Waals surface area contributed by atoms with Gasteiger partial charge in [-0.2, -0.15) is 23.3 Å². The zero-order valence-corrected chi connectivity index (χ0v) is 16.9. The number of nitrogens with one attached hydrogen (secondary N) is 1. The number of fused-ring (bicyclic) bond motifs is 2. The summed E-state index contributed by atoms with van der Waals surface area (Å²) in [4.78, 5) is 18.5. The van der Waals surface area contributed by atoms with Gasteiger partial charge < -0.3 is 14.8 Å². The second-order valence-corrected chi connectivity index (χ2v) is 8.07. The predicted octanol–water partition coefficient (Wildman–Crippen LogP) is 4.34. The molecule has 0 fully saturated rings. The highest BCUT2D eigenvalue weighted by molar-refractivity contribution is 7.14. The van der Waals surface area contributed by atoms with Crippen LogP contribution in [0.3, 0.4) is 0 Å². The molecule has 5 rings (SSSR count). The molecular formula is C20H15F3N4O3S. The number of ether oxygens (including phenoxy) is 2. The summed E-state index contributed by atoms with van der Waals surface area (Å²) in [6, 6.07) is 6.92. The second kappa shape index (κ2) is 7.12. The molecule has 31 heavy (non-hydrogen) atoms. The van der Waals surface area contributed by atoms with Gasteiger partial charge in [0.25, 0.3) is 0 Å². The summed E-state index contributed by atoms with van der Waals surface area (Å²) >= 11 is 1.18. The summed E-state index contributed by atoms with van der Waals surface area (Å²) in [6.07, 6.45) is -2.98. The van der Waals surface area contributed by atoms with Gasteiger partial charge >= 0.3 is 6.18 Å². The molecule has 0 unspecified atom stereocenters. The molecule has 0 bridgehead atoms. The Balaban J connectivity index is 1.72. The number of nitrogens with zero attached hydrogens (tertiary/aromatic N) is 3. The van der Waals surface area contributed by atoms with E-state index in [4.69, 9.17) is 9.47 Å². The van der Waals surface area contributed by atoms with Gasteiger partial charge in [-0.15, -0.1) is 11.3 Å². The first-order chi connectivity index (χ1) is 14.9. The number of hydrogen-bond acceptors (Lipinski definition) is 7. The molecule has 0 aliphatic carbocycles. The Bertz CT molecular complexity index is 1210. The van der Waals surface area contributed by atoms with Gasteiger partial charge in [-0.25, -0.2) is 4.68 Å². The molecule has 1 aromatic carbocycles. The van der Waals surface area contributed by atoms with Gasteiger partial charge in [-0.1, -0.05) is 13.0 Å². The third-order valence-electron chi connectivity index (χ3n) is 5.07. The molecule has 2 aromatic heterocycles. The number of aryl methyl sites for hydroxylation is 1. The van der Waals surface area contributed by atoms with E-state index in [0.29, 0.717) is 23.5 Å². The quantitative estimate of drug-likeness (QED) is 0.598. The normalized spacial score (nSPS) is 17.5. The monoisotopic (exact) mass is 448 g/mol. The van der Waals surface area contributed by atoms with Gasteiger partial charge in [0.2, 0.25) is 18.5 Å². The van der Waals surface area contributed by atoms with Crippen LogP contribution in [0.15, 0.2) is 47.9 Å². The van der Waals surface area contributed by atoms with Crippen LogP contribution in [0.2, 0.25) is 0 Å². The van der Waals surface area contributed by atoms with Crippen molar-refractivity contribution in [3.63, 3.8) is 0 Å². The third kappa shape index (κ3) is 3.25. The second-order valence-electron chi connectivity index (χ2n) is 6.90. The highest BCUT2D eigenvalue weighted by Gasteiger charge is 2.46. The van der Waals surface area contributed by atoms with Crippen molar-refractivity contribution < 1.29 is 27.4 Å². The molecule has 4 heterocycles. The van der Waals surface area contributed by atoms with Crippen molar-refractivity contribution in [1.82, 2.24) is 14.8 Å². The molecular weight excluding hydrogens is 433 g/mol. The molecule has 2 aliphatic rings. The Kier molecular flexibility index (Phi) is 4.50. The number of anilines is 1. The molecule has 0 radical (unpaired) electrons. The smallest absolute Gasteiger partial charge is 0.431 e. The van der Waals surface area contributed by atoms with Crippen molar-refractivity contribution in [2.45, 2.75) is 25.6 Å². The zero-order valence-electron chi connectivity index (χ0n) is 16.1. The van der Waals surface area contributed by atoms with Crippen LogP contribution in [0.25, 0.3) is 0 Å². The van der Waals surface area contributed by atoms with E-state index < -0.39 is 29.3 Å². The van der Waals surface area contributed by atoms with Crippen LogP contribution < -0.4 is 14.8 Å². The Morgan fingerprint density at radius 1 is 1.26 bits per heavy atom. The molecule has 0 saturated carbocycles. The average molecular weight is 448 g/mol. The van der Waals surface area contributed by atoms with Crippen molar-refractivity contribution in [3.05, 3.63) is 63.2 Å². The van der Waals surface area contributed by atoms with Gasteiger partial charge in [0.05, 0.1) is 10.5 Å². The minimum Gasteiger partial charge on any atom is -0.454 e. The number of ketones is 1. The molecule has 1 N–H and O–H groups in total. The number of aromatic nitrogens is 3. The standard InChI is InChI=1S/C20H15F3N4O3S/c1-2-11-4-6-14(31-11)17(28)15-16(10-3-5-12-13(7-10)30-9-29-12)27-19(24-8-25-27)26-18(15)20(21,22)23/h3-8,16H,2,9H2,1H3,(H,24,25,26)/t16-/m0/s1. The number of hydrogen-bond donors (Lipinski definition) is 1. The van der Waals surface area contributed by atoms with Crippen LogP contribution in [0.5, 0.6) is 11.5 Å². The average Bonchev–Trinajstić information content (AvgIpc) is 3.50. The summed E-state index contributed by atoms with van der Waals surface area (Å²) in [6.45, 7) is 1.93. The van der Waals surface area contributed by atoms with Crippen molar-refractivity contribution >= 4 is 23.1 Å². The first-order valence-electron chi connectivity index (χ1n) is 9.37. The highest BCUT2D eigenvalue weighted by atomic mass is 32.1. The number of thiophene rings is 1. The van der Waals surface area contributed by atoms with Crippen molar-refractivity contribution in [2.24, 2.45) is 0 Å². The van der Waals surface area contributed by atoms with E-state index in [1.54, 1.807) is 30.3 Å². The Morgan fingerprint density at radius 3 is 2.81 bits per heavy atom. The first-order valence-corrected chi connectivity index (χ1v) is 10.2. The third-order valence-corrected chi connectivity index (χ3v) is 6.30. The van der Waals surface area contributed by atoms with Gasteiger partial charge in [-0.05, 0) is 36.2 Å². The molecule has 2 aliphatic heterocycles. The Hall–Kier alpha value is -3.34. The summed E-state index contributed by atoms with van der Waals surface area (Å²) in [5, 5.41) is 6.36. The summed E-state index contributed by atoms with van der Waals surface area (Å²) in [5.74, 6) is 0.0537. The first kappa shape index (κ1) is 19.6. The maximum absolute atomic E-state index is 14.1. The number of rotatable bonds is 4. The fourth-order valence-electron chi connectivity index (χ4n) is 3.64. The number of allylic oxidation sites excluding steroid dienone is 2. The van der Waals surface area contributed by atoms with Gasteiger partial charge in [0.15, 0.2) is 11.5 Å². The molecule has 11 heteroatoms. The van der Waals surface area contributed by atoms with E-state index in [1.165, 1.54) is 16.0 Å². The van der Waals surface area contributed by atoms with Crippen LogP contribution in [0.4, 0.5) is 19.1 Å². The van der Waals surface area contributed by atoms with E-state index in [0.717, 1.165) is 11.2 Å². The highest BCUT2D eigenvalue weighted by Crippen LogP contribution is 2.44. The van der Waals surface area contributed by atoms with Crippen LogP contribution >= 0.6 is 11.3 Å². The molecule has 0 saturated heterocycles. The van der Waals surface area contributed by atoms with E-state index in [-0.39, 0.29) is 17.6 Å². The molecule has 0 amide bonds. The van der Waals surface area contributed by atoms with Crippen LogP contribution in [0.1, 0.15) is 33.1 Å². The predicted molar refractivity (Wildman–Crippen MR) is 105 cm³/mol. The SMILES string of the molecule is CCc1ccc(C(=O)C2=C(C(F)(F)F)Nc3ncnn3[C@H]2c2ccc3c(c2)OCO3)s1. The van der Waals surface area contributed by atoms with Crippen molar-refractivity contribution in [3.8, 4) is 11.5 Å². The number of carbonyl (C=O) groups excluding carboxylic acids is 1. The van der Waals surface area contributed by atoms with E-state index in [2.05, 4.69) is 15.4 Å². The lowest BCUT2D eigenvalue weighted by atomic mass is 9.91. The summed E-state index contributed by atoms with van der Waals surface area (Å²) in [5.41, 5.74) is -1.20. The van der Waals surface area contributed by atoms with Gasteiger partial charge in [0.1, 0.15) is 18.1 Å². The number of carbonyl (C=O) groups is 1. The molecule has 3 aromatic rings. The number of halogens is 3. The van der Waals surface area contributed by atoms with Gasteiger partial charge in [-0.3, -0.25) is 4.79 Å². The number of alkyl halides is 3. The van der Waals surface area contributed by atoms with Crippen molar-refractivity contribution in [1.29, 1.82) is 0 Å². The Morgan fingerprint density at radius 2 is 2.06 bits per heavy atom. The minimum atomic E-state index is -4.80. The lowest BCUT2D eigenvalue weighted by Gasteiger charge is -2.30. The lowest BCUT2D eigenvalue weighted by molar-refractivity contribution is -0.0918. The number of Topliss-reactive ketones (excluding diaryl/α,β-unsaturated/α-hetero) is 1. The summed E-state index contributed by atoms with van der Waals surface area (Å²) < 4.78 is 54.2. The maximum atomic E-state index is 14.1.